The lowest BCUT2D eigenvalue weighted by Crippen LogP contribution is -2.38. The zero-order valence-corrected chi connectivity index (χ0v) is 14.0. The van der Waals surface area contributed by atoms with Gasteiger partial charge in [-0.1, -0.05) is 0 Å². The minimum atomic E-state index is -0.0756. The number of benzene rings is 1. The molecule has 6 nitrogen and oxygen atoms in total. The van der Waals surface area contributed by atoms with Crippen molar-refractivity contribution in [2.75, 3.05) is 18.1 Å². The molecule has 3 aromatic rings. The molecule has 0 N–H and O–H groups in total. The van der Waals surface area contributed by atoms with Gasteiger partial charge in [0, 0.05) is 18.3 Å². The number of fused-ring (bicyclic) bond motifs is 2. The highest BCUT2D eigenvalue weighted by Crippen LogP contribution is 2.36. The number of aryl methyl sites for hydroxylation is 1. The molecule has 3 heterocycles. The number of nitrogens with zero attached hydrogens (tertiary/aromatic N) is 3. The van der Waals surface area contributed by atoms with Crippen LogP contribution >= 0.6 is 0 Å². The van der Waals surface area contributed by atoms with Gasteiger partial charge in [0.25, 0.3) is 5.91 Å². The third-order valence-corrected chi connectivity index (χ3v) is 4.42. The second-order valence-corrected chi connectivity index (χ2v) is 6.00. The lowest BCUT2D eigenvalue weighted by Gasteiger charge is -2.28. The minimum absolute atomic E-state index is 0.0490. The van der Waals surface area contributed by atoms with E-state index < -0.39 is 0 Å². The number of aldehydes is 1. The lowest BCUT2D eigenvalue weighted by atomic mass is 10.1. The van der Waals surface area contributed by atoms with Crippen molar-refractivity contribution in [1.29, 1.82) is 0 Å². The average Bonchev–Trinajstić information content (AvgIpc) is 2.98. The van der Waals surface area contributed by atoms with Gasteiger partial charge in [-0.05, 0) is 49.7 Å². The molecule has 0 bridgehead atoms. The van der Waals surface area contributed by atoms with Crippen LogP contribution < -0.4 is 9.64 Å². The Labute approximate surface area is 144 Å². The van der Waals surface area contributed by atoms with Gasteiger partial charge in [-0.3, -0.25) is 14.0 Å². The van der Waals surface area contributed by atoms with Crippen molar-refractivity contribution in [2.24, 2.45) is 0 Å². The summed E-state index contributed by atoms with van der Waals surface area (Å²) in [5.74, 6) is 0.589. The number of hydrogen-bond donors (Lipinski definition) is 0. The Morgan fingerprint density at radius 3 is 2.88 bits per heavy atom. The van der Waals surface area contributed by atoms with Crippen molar-refractivity contribution in [1.82, 2.24) is 9.38 Å². The van der Waals surface area contributed by atoms with Crippen LogP contribution in [0.15, 0.2) is 36.5 Å². The molecular formula is C19H17N3O3. The van der Waals surface area contributed by atoms with E-state index in [-0.39, 0.29) is 12.5 Å². The van der Waals surface area contributed by atoms with Crippen molar-refractivity contribution in [3.63, 3.8) is 0 Å². The maximum absolute atomic E-state index is 12.1. The highest BCUT2D eigenvalue weighted by atomic mass is 16.5. The van der Waals surface area contributed by atoms with E-state index in [1.54, 1.807) is 9.30 Å². The number of carbonyl (C=O) groups is 2. The average molecular weight is 335 g/mol. The third-order valence-electron chi connectivity index (χ3n) is 4.42. The first-order valence-corrected chi connectivity index (χ1v) is 8.14. The fourth-order valence-electron chi connectivity index (χ4n) is 3.19. The van der Waals surface area contributed by atoms with Gasteiger partial charge in [-0.25, -0.2) is 4.98 Å². The first-order valence-electron chi connectivity index (χ1n) is 8.14. The summed E-state index contributed by atoms with van der Waals surface area (Å²) in [6, 6.07) is 9.41. The fourth-order valence-corrected chi connectivity index (χ4v) is 3.19. The molecule has 1 amide bonds. The van der Waals surface area contributed by atoms with E-state index >= 15 is 0 Å². The van der Waals surface area contributed by atoms with Gasteiger partial charge in [-0.15, -0.1) is 0 Å². The molecule has 0 saturated heterocycles. The van der Waals surface area contributed by atoms with Gasteiger partial charge in [-0.2, -0.15) is 0 Å². The molecule has 126 valence electrons. The summed E-state index contributed by atoms with van der Waals surface area (Å²) >= 11 is 0. The number of carbonyl (C=O) groups excluding carboxylic acids is 2. The van der Waals surface area contributed by atoms with Crippen LogP contribution in [0.25, 0.3) is 16.9 Å². The van der Waals surface area contributed by atoms with Crippen LogP contribution in [0.1, 0.15) is 23.0 Å². The molecular weight excluding hydrogens is 318 g/mol. The predicted octanol–water partition coefficient (Wildman–Crippen LogP) is 2.87. The molecule has 0 radical (unpaired) electrons. The molecule has 4 rings (SSSR count). The molecule has 1 aromatic carbocycles. The molecule has 25 heavy (non-hydrogen) atoms. The summed E-state index contributed by atoms with van der Waals surface area (Å²) in [5.41, 5.74) is 4.36. The highest BCUT2D eigenvalue weighted by molar-refractivity contribution is 5.99. The number of rotatable bonds is 3. The normalized spacial score (nSPS) is 13.7. The van der Waals surface area contributed by atoms with Crippen LogP contribution in [0.5, 0.6) is 5.75 Å². The summed E-state index contributed by atoms with van der Waals surface area (Å²) in [6.07, 6.45) is 2.65. The van der Waals surface area contributed by atoms with Crippen molar-refractivity contribution < 1.29 is 14.3 Å². The van der Waals surface area contributed by atoms with Crippen molar-refractivity contribution in [3.05, 3.63) is 47.8 Å². The number of pyridine rings is 1. The number of ether oxygens (including phenoxy) is 1. The monoisotopic (exact) mass is 335 g/mol. The van der Waals surface area contributed by atoms with Gasteiger partial charge < -0.3 is 9.64 Å². The third kappa shape index (κ3) is 2.38. The topological polar surface area (TPSA) is 63.9 Å². The van der Waals surface area contributed by atoms with E-state index in [9.17, 15) is 9.59 Å². The van der Waals surface area contributed by atoms with Crippen LogP contribution in [0, 0.1) is 6.92 Å². The van der Waals surface area contributed by atoms with Gasteiger partial charge in [0.15, 0.2) is 12.9 Å². The van der Waals surface area contributed by atoms with Crippen LogP contribution in [0.4, 0.5) is 5.69 Å². The largest absolute Gasteiger partial charge is 0.482 e. The molecule has 1 aliphatic rings. The molecule has 0 saturated carbocycles. The zero-order chi connectivity index (χ0) is 17.6. The van der Waals surface area contributed by atoms with Crippen molar-refractivity contribution in [2.45, 2.75) is 13.8 Å². The number of anilines is 1. The number of imidazole rings is 1. The SMILES string of the molecule is CCN1C(=O)COc2ccc(-c3nc4cc(C)ccn4c3C=O)cc21. The summed E-state index contributed by atoms with van der Waals surface area (Å²) in [4.78, 5) is 30.0. The Kier molecular flexibility index (Phi) is 3.53. The quantitative estimate of drug-likeness (QED) is 0.691. The minimum Gasteiger partial charge on any atom is -0.482 e. The van der Waals surface area contributed by atoms with E-state index in [1.807, 2.05) is 50.4 Å². The van der Waals surface area contributed by atoms with Crippen molar-refractivity contribution >= 4 is 23.5 Å². The second kappa shape index (κ2) is 5.73. The molecule has 0 fully saturated rings. The molecule has 6 heteroatoms. The Bertz CT molecular complexity index is 1010. The Morgan fingerprint density at radius 1 is 1.28 bits per heavy atom. The number of amides is 1. The van der Waals surface area contributed by atoms with E-state index in [1.165, 1.54) is 0 Å². The molecule has 0 unspecified atom stereocenters. The van der Waals surface area contributed by atoms with Crippen LogP contribution in [-0.2, 0) is 4.79 Å². The predicted molar refractivity (Wildman–Crippen MR) is 94.3 cm³/mol. The number of likely N-dealkylation sites (N-methyl/N-ethyl adjacent to an activating group) is 1. The standard InChI is InChI=1S/C19H17N3O3/c1-3-21-14-9-13(4-5-16(14)25-11-18(21)24)19-15(10-23)22-7-6-12(2)8-17(22)20-19/h4-10H,3,11H2,1-2H3. The lowest BCUT2D eigenvalue weighted by molar-refractivity contribution is -0.121. The van der Waals surface area contributed by atoms with Crippen LogP contribution in [0.2, 0.25) is 0 Å². The van der Waals surface area contributed by atoms with E-state index in [0.717, 1.165) is 23.1 Å². The first-order chi connectivity index (χ1) is 12.1. The Balaban J connectivity index is 1.91. The van der Waals surface area contributed by atoms with Crippen molar-refractivity contribution in [3.8, 4) is 17.0 Å². The summed E-state index contributed by atoms with van der Waals surface area (Å²) < 4.78 is 7.28. The zero-order valence-electron chi connectivity index (χ0n) is 14.0. The maximum Gasteiger partial charge on any atom is 0.265 e. The Hall–Kier alpha value is -3.15. The molecule has 0 spiro atoms. The molecule has 0 aliphatic carbocycles. The Morgan fingerprint density at radius 2 is 2.12 bits per heavy atom. The van der Waals surface area contributed by atoms with Crippen LogP contribution in [-0.4, -0.2) is 34.7 Å². The highest BCUT2D eigenvalue weighted by Gasteiger charge is 2.25. The smallest absolute Gasteiger partial charge is 0.265 e. The van der Waals surface area contributed by atoms with Gasteiger partial charge in [0.05, 0.1) is 5.69 Å². The van der Waals surface area contributed by atoms with Gasteiger partial charge >= 0.3 is 0 Å². The van der Waals surface area contributed by atoms with Crippen LogP contribution in [0.3, 0.4) is 0 Å². The summed E-state index contributed by atoms with van der Waals surface area (Å²) in [7, 11) is 0. The van der Waals surface area contributed by atoms with E-state index in [4.69, 9.17) is 4.74 Å². The summed E-state index contributed by atoms with van der Waals surface area (Å²) in [6.45, 7) is 4.51. The van der Waals surface area contributed by atoms with Gasteiger partial charge in [0.1, 0.15) is 22.8 Å². The number of hydrogen-bond acceptors (Lipinski definition) is 4. The molecule has 2 aromatic heterocycles. The first kappa shape index (κ1) is 15.4. The maximum atomic E-state index is 12.1. The van der Waals surface area contributed by atoms with E-state index in [2.05, 4.69) is 4.98 Å². The second-order valence-electron chi connectivity index (χ2n) is 6.00. The summed E-state index contributed by atoms with van der Waals surface area (Å²) in [5, 5.41) is 0. The molecule has 1 aliphatic heterocycles. The number of aromatic nitrogens is 2. The molecule has 0 atom stereocenters. The fraction of sp³-hybridized carbons (Fsp3) is 0.211. The van der Waals surface area contributed by atoms with Gasteiger partial charge in [0.2, 0.25) is 0 Å². The van der Waals surface area contributed by atoms with E-state index in [0.29, 0.717) is 29.4 Å².